The van der Waals surface area contributed by atoms with Crippen LogP contribution in [0.1, 0.15) is 41.8 Å². The van der Waals surface area contributed by atoms with Gasteiger partial charge in [-0.3, -0.25) is 19.8 Å². The van der Waals surface area contributed by atoms with Crippen molar-refractivity contribution >= 4 is 51.7 Å². The first-order chi connectivity index (χ1) is 18.8. The number of carbonyl (C=O) groups excluding carboxylic acids is 1. The number of ether oxygens (including phenoxy) is 1. The zero-order valence-corrected chi connectivity index (χ0v) is 23.8. The highest BCUT2D eigenvalue weighted by Crippen LogP contribution is 2.37. The summed E-state index contributed by atoms with van der Waals surface area (Å²) in [6.07, 6.45) is 5.12. The summed E-state index contributed by atoms with van der Waals surface area (Å²) in [6, 6.07) is 15.0. The van der Waals surface area contributed by atoms with Crippen LogP contribution in [0.3, 0.4) is 0 Å². The van der Waals surface area contributed by atoms with Crippen molar-refractivity contribution in [1.29, 1.82) is 0 Å². The molecule has 5 rings (SSSR count). The molecule has 202 valence electrons. The molecule has 0 radical (unpaired) electrons. The third-order valence-electron chi connectivity index (χ3n) is 7.24. The summed E-state index contributed by atoms with van der Waals surface area (Å²) in [4.78, 5) is 29.3. The Kier molecular flexibility index (Phi) is 7.76. The zero-order chi connectivity index (χ0) is 27.7. The number of nitro benzene ring substituents is 1. The number of thioether (sulfide) groups is 1. The molecular weight excluding hydrogens is 532 g/mol. The second kappa shape index (κ2) is 11.2. The Labute approximate surface area is 237 Å². The molecule has 0 saturated carbocycles. The SMILES string of the molecule is COc1ccc(CN2C(=O)/C(=C/c3cc(C)n(-c4ccc(N5CCCCC5)c([N+](=O)[O-])c4)c3C)SC2=S)cc1. The molecule has 0 N–H and O–H groups in total. The van der Waals surface area contributed by atoms with Crippen LogP contribution in [0.4, 0.5) is 11.4 Å². The molecule has 10 heteroatoms. The second-order valence-corrected chi connectivity index (χ2v) is 11.4. The maximum absolute atomic E-state index is 13.3. The van der Waals surface area contributed by atoms with Crippen molar-refractivity contribution in [2.45, 2.75) is 39.7 Å². The Morgan fingerprint density at radius 2 is 1.79 bits per heavy atom. The second-order valence-electron chi connectivity index (χ2n) is 9.76. The van der Waals surface area contributed by atoms with Gasteiger partial charge in [-0.15, -0.1) is 0 Å². The molecule has 2 aromatic carbocycles. The Morgan fingerprint density at radius 1 is 1.08 bits per heavy atom. The fourth-order valence-electron chi connectivity index (χ4n) is 5.22. The van der Waals surface area contributed by atoms with Crippen LogP contribution >= 0.6 is 24.0 Å². The van der Waals surface area contributed by atoms with Crippen LogP contribution in [0.25, 0.3) is 11.8 Å². The van der Waals surface area contributed by atoms with Gasteiger partial charge in [-0.25, -0.2) is 0 Å². The largest absolute Gasteiger partial charge is 0.497 e. The molecule has 8 nitrogen and oxygen atoms in total. The molecule has 0 spiro atoms. The third-order valence-corrected chi connectivity index (χ3v) is 8.62. The zero-order valence-electron chi connectivity index (χ0n) is 22.2. The van der Waals surface area contributed by atoms with Crippen molar-refractivity contribution in [3.05, 3.63) is 86.1 Å². The van der Waals surface area contributed by atoms with E-state index < -0.39 is 0 Å². The van der Waals surface area contributed by atoms with E-state index in [1.807, 2.05) is 67.0 Å². The first-order valence-electron chi connectivity index (χ1n) is 12.9. The maximum Gasteiger partial charge on any atom is 0.294 e. The Bertz CT molecular complexity index is 1470. The maximum atomic E-state index is 13.3. The van der Waals surface area contributed by atoms with Gasteiger partial charge >= 0.3 is 0 Å². The number of hydrogen-bond acceptors (Lipinski definition) is 7. The third kappa shape index (κ3) is 5.44. The van der Waals surface area contributed by atoms with E-state index in [2.05, 4.69) is 4.90 Å². The van der Waals surface area contributed by atoms with Gasteiger partial charge in [-0.2, -0.15) is 0 Å². The molecule has 2 saturated heterocycles. The van der Waals surface area contributed by atoms with Crippen LogP contribution in [0, 0.1) is 24.0 Å². The summed E-state index contributed by atoms with van der Waals surface area (Å²) in [7, 11) is 1.62. The van der Waals surface area contributed by atoms with Crippen LogP contribution in [-0.2, 0) is 11.3 Å². The van der Waals surface area contributed by atoms with Crippen molar-refractivity contribution < 1.29 is 14.5 Å². The minimum Gasteiger partial charge on any atom is -0.497 e. The van der Waals surface area contributed by atoms with E-state index in [4.69, 9.17) is 17.0 Å². The first kappa shape index (κ1) is 27.0. The van der Waals surface area contributed by atoms with E-state index in [9.17, 15) is 14.9 Å². The van der Waals surface area contributed by atoms with Gasteiger partial charge in [0.25, 0.3) is 11.6 Å². The molecule has 0 atom stereocenters. The quantitative estimate of drug-likeness (QED) is 0.143. The van der Waals surface area contributed by atoms with Crippen molar-refractivity contribution in [2.75, 3.05) is 25.1 Å². The van der Waals surface area contributed by atoms with Crippen LogP contribution in [0.5, 0.6) is 5.75 Å². The van der Waals surface area contributed by atoms with E-state index in [0.717, 1.165) is 66.3 Å². The number of amides is 1. The van der Waals surface area contributed by atoms with E-state index in [1.54, 1.807) is 18.1 Å². The lowest BCUT2D eigenvalue weighted by Gasteiger charge is -2.28. The first-order valence-corrected chi connectivity index (χ1v) is 14.1. The minimum atomic E-state index is -0.295. The minimum absolute atomic E-state index is 0.114. The van der Waals surface area contributed by atoms with Gasteiger partial charge < -0.3 is 14.2 Å². The Balaban J connectivity index is 1.42. The lowest BCUT2D eigenvalue weighted by atomic mass is 10.1. The summed E-state index contributed by atoms with van der Waals surface area (Å²) < 4.78 is 7.72. The molecule has 39 heavy (non-hydrogen) atoms. The van der Waals surface area contributed by atoms with Gasteiger partial charge in [0.1, 0.15) is 15.8 Å². The lowest BCUT2D eigenvalue weighted by molar-refractivity contribution is -0.384. The number of carbonyl (C=O) groups is 1. The number of rotatable bonds is 7. The topological polar surface area (TPSA) is 80.8 Å². The summed E-state index contributed by atoms with van der Waals surface area (Å²) >= 11 is 6.82. The van der Waals surface area contributed by atoms with Crippen LogP contribution in [0.15, 0.2) is 53.4 Å². The molecule has 2 fully saturated rings. The fourth-order valence-corrected chi connectivity index (χ4v) is 6.47. The number of thiocarbonyl (C=S) groups is 1. The predicted molar refractivity (Wildman–Crippen MR) is 160 cm³/mol. The molecular formula is C29H30N4O4S2. The molecule has 0 aliphatic carbocycles. The van der Waals surface area contributed by atoms with Gasteiger partial charge in [-0.05, 0) is 80.6 Å². The smallest absolute Gasteiger partial charge is 0.294 e. The van der Waals surface area contributed by atoms with Gasteiger partial charge in [0.05, 0.1) is 29.2 Å². The average Bonchev–Trinajstić information content (AvgIpc) is 3.37. The molecule has 2 aliphatic rings. The van der Waals surface area contributed by atoms with E-state index >= 15 is 0 Å². The Hall–Kier alpha value is -3.63. The molecule has 3 aromatic rings. The molecule has 3 heterocycles. The van der Waals surface area contributed by atoms with Crippen LogP contribution in [0.2, 0.25) is 0 Å². The summed E-state index contributed by atoms with van der Waals surface area (Å²) in [5.41, 5.74) is 5.17. The highest BCUT2D eigenvalue weighted by Gasteiger charge is 2.32. The number of piperidine rings is 1. The number of nitro groups is 1. The molecule has 0 bridgehead atoms. The number of nitrogens with zero attached hydrogens (tertiary/aromatic N) is 4. The number of benzene rings is 2. The predicted octanol–water partition coefficient (Wildman–Crippen LogP) is 6.40. The standard InChI is InChI=1S/C29H30N4O4S2/c1-19-15-22(16-27-28(34)31(29(38)39-27)18-21-7-10-24(37-3)11-8-21)20(2)32(19)23-9-12-25(26(17-23)33(35)36)30-13-5-4-6-14-30/h7-12,15-17H,4-6,13-14,18H2,1-3H3/b27-16-. The van der Waals surface area contributed by atoms with Crippen molar-refractivity contribution in [2.24, 2.45) is 0 Å². The number of hydrogen-bond donors (Lipinski definition) is 0. The summed E-state index contributed by atoms with van der Waals surface area (Å²) in [5.74, 6) is 0.623. The average molecular weight is 563 g/mol. The van der Waals surface area contributed by atoms with E-state index in [-0.39, 0.29) is 16.5 Å². The lowest BCUT2D eigenvalue weighted by Crippen LogP contribution is -2.30. The van der Waals surface area contributed by atoms with E-state index in [1.165, 1.54) is 11.8 Å². The number of aromatic nitrogens is 1. The fraction of sp³-hybridized carbons (Fsp3) is 0.310. The highest BCUT2D eigenvalue weighted by atomic mass is 32.2. The molecule has 0 unspecified atom stereocenters. The van der Waals surface area contributed by atoms with Crippen molar-refractivity contribution in [1.82, 2.24) is 9.47 Å². The number of aryl methyl sites for hydroxylation is 1. The van der Waals surface area contributed by atoms with Crippen LogP contribution < -0.4 is 9.64 Å². The molecule has 1 aromatic heterocycles. The van der Waals surface area contributed by atoms with Crippen molar-refractivity contribution in [3.63, 3.8) is 0 Å². The van der Waals surface area contributed by atoms with Gasteiger partial charge in [0.15, 0.2) is 0 Å². The Morgan fingerprint density at radius 3 is 2.46 bits per heavy atom. The van der Waals surface area contributed by atoms with Crippen molar-refractivity contribution in [3.8, 4) is 11.4 Å². The van der Waals surface area contributed by atoms with Crippen LogP contribution in [-0.4, -0.2) is 44.8 Å². The number of methoxy groups -OCH3 is 1. The summed E-state index contributed by atoms with van der Waals surface area (Å²) in [6.45, 7) is 5.98. The highest BCUT2D eigenvalue weighted by molar-refractivity contribution is 8.26. The van der Waals surface area contributed by atoms with Gasteiger partial charge in [0, 0.05) is 30.5 Å². The summed E-state index contributed by atoms with van der Waals surface area (Å²) in [5, 5.41) is 12.0. The van der Waals surface area contributed by atoms with Gasteiger partial charge in [-0.1, -0.05) is 36.1 Å². The van der Waals surface area contributed by atoms with E-state index in [0.29, 0.717) is 21.5 Å². The van der Waals surface area contributed by atoms with Gasteiger partial charge in [0.2, 0.25) is 0 Å². The molecule has 2 aliphatic heterocycles. The normalized spacial score (nSPS) is 16.8. The monoisotopic (exact) mass is 562 g/mol. The number of anilines is 1. The molecule has 1 amide bonds.